The molecule has 0 aromatic rings. The smallest absolute Gasteiger partial charge is 0.250 e. The van der Waals surface area contributed by atoms with Crippen LogP contribution in [0.15, 0.2) is 0 Å². The van der Waals surface area contributed by atoms with Crippen LogP contribution in [0.1, 0.15) is 44.9 Å². The van der Waals surface area contributed by atoms with Crippen molar-refractivity contribution in [2.24, 2.45) is 5.41 Å². The molecule has 2 fully saturated rings. The van der Waals surface area contributed by atoms with Crippen molar-refractivity contribution in [2.45, 2.75) is 57.4 Å². The molecule has 1 nitrogen and oxygen atoms in total. The maximum atomic E-state index is 12.1. The molecule has 1 unspecified atom stereocenters. The summed E-state index contributed by atoms with van der Waals surface area (Å²) in [6.45, 7) is -0.119. The van der Waals surface area contributed by atoms with Crippen LogP contribution in [0, 0.1) is 5.41 Å². The van der Waals surface area contributed by atoms with E-state index in [-0.39, 0.29) is 6.54 Å². The number of hydrogen-bond acceptors (Lipinski definition) is 1. The quantitative estimate of drug-likeness (QED) is 0.743. The first-order valence-corrected chi connectivity index (χ1v) is 5.74. The molecule has 0 amide bonds. The SMILES string of the molecule is FC(F)CNC1CCCC12CCCC2. The standard InChI is InChI=1S/C11H19F2N/c12-10(13)8-14-9-4-3-7-11(9)5-1-2-6-11/h9-10,14H,1-8H2. The summed E-state index contributed by atoms with van der Waals surface area (Å²) >= 11 is 0. The van der Waals surface area contributed by atoms with Crippen molar-refractivity contribution < 1.29 is 8.78 Å². The van der Waals surface area contributed by atoms with E-state index >= 15 is 0 Å². The van der Waals surface area contributed by atoms with Crippen LogP contribution in [0.5, 0.6) is 0 Å². The highest BCUT2D eigenvalue weighted by Gasteiger charge is 2.44. The molecule has 2 aliphatic carbocycles. The van der Waals surface area contributed by atoms with Gasteiger partial charge in [-0.1, -0.05) is 19.3 Å². The van der Waals surface area contributed by atoms with E-state index < -0.39 is 6.43 Å². The van der Waals surface area contributed by atoms with Gasteiger partial charge in [0.25, 0.3) is 6.43 Å². The van der Waals surface area contributed by atoms with Crippen molar-refractivity contribution >= 4 is 0 Å². The van der Waals surface area contributed by atoms with Crippen LogP contribution in [-0.2, 0) is 0 Å². The van der Waals surface area contributed by atoms with Crippen LogP contribution in [0.4, 0.5) is 8.78 Å². The summed E-state index contributed by atoms with van der Waals surface area (Å²) < 4.78 is 24.2. The first-order chi connectivity index (χ1) is 6.73. The second kappa shape index (κ2) is 4.13. The maximum absolute atomic E-state index is 12.1. The van der Waals surface area contributed by atoms with E-state index in [4.69, 9.17) is 0 Å². The summed E-state index contributed by atoms with van der Waals surface area (Å²) in [6, 6.07) is 0.374. The van der Waals surface area contributed by atoms with Crippen LogP contribution in [0.3, 0.4) is 0 Å². The molecule has 82 valence electrons. The van der Waals surface area contributed by atoms with E-state index in [9.17, 15) is 8.78 Å². The van der Waals surface area contributed by atoms with E-state index in [1.165, 1.54) is 38.5 Å². The van der Waals surface area contributed by atoms with E-state index in [1.54, 1.807) is 0 Å². The third-order valence-electron chi connectivity index (χ3n) is 4.02. The third-order valence-corrected chi connectivity index (χ3v) is 4.02. The molecular formula is C11H19F2N. The van der Waals surface area contributed by atoms with Crippen molar-refractivity contribution in [3.8, 4) is 0 Å². The Bertz CT molecular complexity index is 182. The lowest BCUT2D eigenvalue weighted by Crippen LogP contribution is -2.41. The Balaban J connectivity index is 1.90. The Morgan fingerprint density at radius 3 is 2.43 bits per heavy atom. The summed E-state index contributed by atoms with van der Waals surface area (Å²) in [5.41, 5.74) is 0.398. The number of hydrogen-bond donors (Lipinski definition) is 1. The molecule has 3 heteroatoms. The van der Waals surface area contributed by atoms with Gasteiger partial charge in [-0.05, 0) is 31.1 Å². The minimum Gasteiger partial charge on any atom is -0.308 e. The normalized spacial score (nSPS) is 30.6. The molecule has 0 aromatic carbocycles. The van der Waals surface area contributed by atoms with Crippen LogP contribution >= 0.6 is 0 Å². The number of alkyl halides is 2. The lowest BCUT2D eigenvalue weighted by Gasteiger charge is -2.31. The second-order valence-electron chi connectivity index (χ2n) is 4.81. The molecule has 2 saturated carbocycles. The molecule has 0 saturated heterocycles. The number of nitrogens with one attached hydrogen (secondary N) is 1. The predicted molar refractivity (Wildman–Crippen MR) is 52.5 cm³/mol. The van der Waals surface area contributed by atoms with Gasteiger partial charge >= 0.3 is 0 Å². The number of rotatable bonds is 3. The minimum atomic E-state index is -2.20. The molecule has 1 spiro atoms. The van der Waals surface area contributed by atoms with Crippen molar-refractivity contribution in [3.63, 3.8) is 0 Å². The predicted octanol–water partition coefficient (Wildman–Crippen LogP) is 2.95. The van der Waals surface area contributed by atoms with E-state index in [0.717, 1.165) is 6.42 Å². The molecule has 2 aliphatic rings. The van der Waals surface area contributed by atoms with Crippen LogP contribution in [0.2, 0.25) is 0 Å². The lowest BCUT2D eigenvalue weighted by molar-refractivity contribution is 0.126. The fourth-order valence-corrected chi connectivity index (χ4v) is 3.37. The van der Waals surface area contributed by atoms with Gasteiger partial charge in [0, 0.05) is 6.04 Å². The fourth-order valence-electron chi connectivity index (χ4n) is 3.37. The van der Waals surface area contributed by atoms with Gasteiger partial charge in [0.2, 0.25) is 0 Å². The Labute approximate surface area is 84.3 Å². The molecule has 0 radical (unpaired) electrons. The first-order valence-electron chi connectivity index (χ1n) is 5.74. The molecular weight excluding hydrogens is 184 g/mol. The van der Waals surface area contributed by atoms with Gasteiger partial charge in [-0.15, -0.1) is 0 Å². The van der Waals surface area contributed by atoms with Crippen LogP contribution < -0.4 is 5.32 Å². The van der Waals surface area contributed by atoms with Gasteiger partial charge in [0.1, 0.15) is 0 Å². The maximum Gasteiger partial charge on any atom is 0.250 e. The van der Waals surface area contributed by atoms with Crippen molar-refractivity contribution in [1.29, 1.82) is 0 Å². The average Bonchev–Trinajstić information content (AvgIpc) is 2.74. The van der Waals surface area contributed by atoms with Crippen LogP contribution in [0.25, 0.3) is 0 Å². The third kappa shape index (κ3) is 1.92. The van der Waals surface area contributed by atoms with Gasteiger partial charge < -0.3 is 5.32 Å². The van der Waals surface area contributed by atoms with Crippen LogP contribution in [-0.4, -0.2) is 19.0 Å². The highest BCUT2D eigenvalue weighted by Crippen LogP contribution is 2.50. The Morgan fingerprint density at radius 2 is 1.79 bits per heavy atom. The zero-order chi connectivity index (χ0) is 10.0. The molecule has 0 heterocycles. The topological polar surface area (TPSA) is 12.0 Å². The second-order valence-corrected chi connectivity index (χ2v) is 4.81. The Hall–Kier alpha value is -0.180. The summed E-state index contributed by atoms with van der Waals surface area (Å²) in [5.74, 6) is 0. The van der Waals surface area contributed by atoms with Gasteiger partial charge in [-0.3, -0.25) is 0 Å². The molecule has 0 aliphatic heterocycles. The summed E-state index contributed by atoms with van der Waals surface area (Å²) in [6.07, 6.45) is 6.50. The fraction of sp³-hybridized carbons (Fsp3) is 1.00. The highest BCUT2D eigenvalue weighted by molar-refractivity contribution is 4.99. The number of halogens is 2. The summed E-state index contributed by atoms with van der Waals surface area (Å²) in [5, 5.41) is 3.06. The average molecular weight is 203 g/mol. The molecule has 14 heavy (non-hydrogen) atoms. The molecule has 0 bridgehead atoms. The van der Waals surface area contributed by atoms with Gasteiger partial charge in [-0.2, -0.15) is 0 Å². The molecule has 0 aromatic heterocycles. The first kappa shape index (κ1) is 10.3. The van der Waals surface area contributed by atoms with Crippen molar-refractivity contribution in [2.75, 3.05) is 6.54 Å². The highest BCUT2D eigenvalue weighted by atomic mass is 19.3. The van der Waals surface area contributed by atoms with Gasteiger partial charge in [0.05, 0.1) is 6.54 Å². The van der Waals surface area contributed by atoms with Gasteiger partial charge in [0.15, 0.2) is 0 Å². The molecule has 2 rings (SSSR count). The summed E-state index contributed by atoms with van der Waals surface area (Å²) in [4.78, 5) is 0. The van der Waals surface area contributed by atoms with E-state index in [0.29, 0.717) is 11.5 Å². The van der Waals surface area contributed by atoms with Crippen molar-refractivity contribution in [1.82, 2.24) is 5.32 Å². The monoisotopic (exact) mass is 203 g/mol. The Morgan fingerprint density at radius 1 is 1.14 bits per heavy atom. The van der Waals surface area contributed by atoms with E-state index in [1.807, 2.05) is 0 Å². The molecule has 1 atom stereocenters. The molecule has 1 N–H and O–H groups in total. The lowest BCUT2D eigenvalue weighted by atomic mass is 9.81. The Kier molecular flexibility index (Phi) is 3.05. The van der Waals surface area contributed by atoms with Crippen molar-refractivity contribution in [3.05, 3.63) is 0 Å². The van der Waals surface area contributed by atoms with E-state index in [2.05, 4.69) is 5.32 Å². The largest absolute Gasteiger partial charge is 0.308 e. The zero-order valence-corrected chi connectivity index (χ0v) is 8.57. The zero-order valence-electron chi connectivity index (χ0n) is 8.57. The summed E-state index contributed by atoms with van der Waals surface area (Å²) in [7, 11) is 0. The van der Waals surface area contributed by atoms with Gasteiger partial charge in [-0.25, -0.2) is 8.78 Å². The minimum absolute atomic E-state index is 0.119.